The highest BCUT2D eigenvalue weighted by Crippen LogP contribution is 2.20. The number of amides is 1. The van der Waals surface area contributed by atoms with Gasteiger partial charge in [-0.25, -0.2) is 12.8 Å². The van der Waals surface area contributed by atoms with Crippen LogP contribution < -0.4 is 5.32 Å². The highest BCUT2D eigenvalue weighted by Gasteiger charge is 2.12. The maximum atomic E-state index is 13.7. The molecule has 0 bridgehead atoms. The molecule has 0 unspecified atom stereocenters. The van der Waals surface area contributed by atoms with Gasteiger partial charge in [0.15, 0.2) is 9.84 Å². The van der Waals surface area contributed by atoms with Crippen LogP contribution >= 0.6 is 15.9 Å². The van der Waals surface area contributed by atoms with E-state index in [9.17, 15) is 17.6 Å². The summed E-state index contributed by atoms with van der Waals surface area (Å²) in [6, 6.07) is 10.5. The molecule has 0 radical (unpaired) electrons. The van der Waals surface area contributed by atoms with Crippen molar-refractivity contribution < 1.29 is 17.6 Å². The molecule has 0 heterocycles. The number of rotatable bonds is 4. The maximum Gasteiger partial charge on any atom is 0.248 e. The SMILES string of the molecule is CS(=O)(=O)c1ccc(F)c(NC(=O)/C=C/c2ccccc2Br)c1. The summed E-state index contributed by atoms with van der Waals surface area (Å²) >= 11 is 3.35. The van der Waals surface area contributed by atoms with Crippen LogP contribution in [-0.4, -0.2) is 20.6 Å². The lowest BCUT2D eigenvalue weighted by Crippen LogP contribution is -2.10. The summed E-state index contributed by atoms with van der Waals surface area (Å²) in [6.07, 6.45) is 3.82. The van der Waals surface area contributed by atoms with Crippen molar-refractivity contribution in [1.82, 2.24) is 0 Å². The molecule has 2 aromatic rings. The first-order chi connectivity index (χ1) is 10.8. The van der Waals surface area contributed by atoms with Crippen LogP contribution in [0, 0.1) is 5.82 Å². The third-order valence-corrected chi connectivity index (χ3v) is 4.78. The predicted molar refractivity (Wildman–Crippen MR) is 91.3 cm³/mol. The smallest absolute Gasteiger partial charge is 0.248 e. The van der Waals surface area contributed by atoms with Crippen molar-refractivity contribution in [3.8, 4) is 0 Å². The van der Waals surface area contributed by atoms with Crippen molar-refractivity contribution in [3.63, 3.8) is 0 Å². The first-order valence-corrected chi connectivity index (χ1v) is 9.19. The number of nitrogens with one attached hydrogen (secondary N) is 1. The van der Waals surface area contributed by atoms with Crippen LogP contribution in [-0.2, 0) is 14.6 Å². The second-order valence-electron chi connectivity index (χ2n) is 4.76. The van der Waals surface area contributed by atoms with Gasteiger partial charge in [-0.05, 0) is 35.9 Å². The van der Waals surface area contributed by atoms with Gasteiger partial charge in [0, 0.05) is 16.8 Å². The summed E-state index contributed by atoms with van der Waals surface area (Å²) in [6.45, 7) is 0. The zero-order chi connectivity index (χ0) is 17.0. The van der Waals surface area contributed by atoms with Gasteiger partial charge < -0.3 is 5.32 Å². The summed E-state index contributed by atoms with van der Waals surface area (Å²) in [5, 5.41) is 2.33. The molecule has 0 saturated heterocycles. The molecule has 120 valence electrons. The monoisotopic (exact) mass is 397 g/mol. The minimum absolute atomic E-state index is 0.0658. The van der Waals surface area contributed by atoms with Crippen LogP contribution in [0.1, 0.15) is 5.56 Å². The number of halogens is 2. The third kappa shape index (κ3) is 4.74. The third-order valence-electron chi connectivity index (χ3n) is 2.94. The number of sulfone groups is 1. The van der Waals surface area contributed by atoms with Crippen LogP contribution in [0.5, 0.6) is 0 Å². The minimum atomic E-state index is -3.48. The number of hydrogen-bond donors (Lipinski definition) is 1. The Morgan fingerprint density at radius 1 is 1.22 bits per heavy atom. The topological polar surface area (TPSA) is 63.2 Å². The summed E-state index contributed by atoms with van der Waals surface area (Å²) in [5.74, 6) is -1.27. The molecule has 2 rings (SSSR count). The van der Waals surface area contributed by atoms with Crippen molar-refractivity contribution >= 4 is 43.4 Å². The Balaban J connectivity index is 2.19. The lowest BCUT2D eigenvalue weighted by atomic mass is 10.2. The fourth-order valence-corrected chi connectivity index (χ4v) is 2.85. The largest absolute Gasteiger partial charge is 0.320 e. The molecule has 0 fully saturated rings. The molecular weight excluding hydrogens is 385 g/mol. The molecule has 0 atom stereocenters. The molecular formula is C16H13BrFNO3S. The van der Waals surface area contributed by atoms with Crippen molar-refractivity contribution in [3.05, 3.63) is 64.4 Å². The maximum absolute atomic E-state index is 13.7. The lowest BCUT2D eigenvalue weighted by Gasteiger charge is -2.06. The standard InChI is InChI=1S/C16H13BrFNO3S/c1-23(21,22)12-7-8-14(18)15(10-12)19-16(20)9-6-11-4-2-3-5-13(11)17/h2-10H,1H3,(H,19,20)/b9-6+. The van der Waals surface area contributed by atoms with E-state index in [0.29, 0.717) is 0 Å². The summed E-state index contributed by atoms with van der Waals surface area (Å²) < 4.78 is 37.5. The highest BCUT2D eigenvalue weighted by atomic mass is 79.9. The van der Waals surface area contributed by atoms with Crippen molar-refractivity contribution in [2.24, 2.45) is 0 Å². The van der Waals surface area contributed by atoms with E-state index in [1.807, 2.05) is 18.2 Å². The predicted octanol–water partition coefficient (Wildman–Crippen LogP) is 3.64. The Morgan fingerprint density at radius 2 is 1.91 bits per heavy atom. The molecule has 0 aliphatic heterocycles. The van der Waals surface area contributed by atoms with Gasteiger partial charge >= 0.3 is 0 Å². The number of carbonyl (C=O) groups is 1. The van der Waals surface area contributed by atoms with Gasteiger partial charge in [-0.3, -0.25) is 4.79 Å². The molecule has 23 heavy (non-hydrogen) atoms. The van der Waals surface area contributed by atoms with Gasteiger partial charge in [-0.15, -0.1) is 0 Å². The van der Waals surface area contributed by atoms with E-state index in [-0.39, 0.29) is 10.6 Å². The molecule has 4 nitrogen and oxygen atoms in total. The van der Waals surface area contributed by atoms with E-state index in [2.05, 4.69) is 21.2 Å². The average Bonchev–Trinajstić information content (AvgIpc) is 2.47. The zero-order valence-electron chi connectivity index (χ0n) is 12.1. The second kappa shape index (κ2) is 7.06. The van der Waals surface area contributed by atoms with Crippen LogP contribution in [0.2, 0.25) is 0 Å². The molecule has 0 aliphatic carbocycles. The highest BCUT2D eigenvalue weighted by molar-refractivity contribution is 9.10. The fourth-order valence-electron chi connectivity index (χ4n) is 1.78. The average molecular weight is 398 g/mol. The molecule has 1 N–H and O–H groups in total. The zero-order valence-corrected chi connectivity index (χ0v) is 14.5. The summed E-state index contributed by atoms with van der Waals surface area (Å²) in [4.78, 5) is 11.8. The molecule has 0 aliphatic rings. The number of anilines is 1. The second-order valence-corrected chi connectivity index (χ2v) is 7.63. The minimum Gasteiger partial charge on any atom is -0.320 e. The molecule has 1 amide bonds. The Labute approximate surface area is 142 Å². The lowest BCUT2D eigenvalue weighted by molar-refractivity contribution is -0.111. The number of carbonyl (C=O) groups excluding carboxylic acids is 1. The molecule has 2 aromatic carbocycles. The van der Waals surface area contributed by atoms with Crippen LogP contribution in [0.3, 0.4) is 0 Å². The van der Waals surface area contributed by atoms with Crippen molar-refractivity contribution in [2.45, 2.75) is 4.90 Å². The van der Waals surface area contributed by atoms with Gasteiger partial charge in [0.05, 0.1) is 10.6 Å². The van der Waals surface area contributed by atoms with E-state index in [1.165, 1.54) is 6.08 Å². The Kier molecular flexibility index (Phi) is 5.33. The Hall–Kier alpha value is -1.99. The van der Waals surface area contributed by atoms with E-state index in [4.69, 9.17) is 0 Å². The first-order valence-electron chi connectivity index (χ1n) is 6.50. The Morgan fingerprint density at radius 3 is 2.57 bits per heavy atom. The first kappa shape index (κ1) is 17.4. The van der Waals surface area contributed by atoms with Gasteiger partial charge in [0.2, 0.25) is 5.91 Å². The van der Waals surface area contributed by atoms with Crippen LogP contribution in [0.15, 0.2) is 57.9 Å². The van der Waals surface area contributed by atoms with E-state index < -0.39 is 21.6 Å². The molecule has 7 heteroatoms. The van der Waals surface area contributed by atoms with Gasteiger partial charge in [0.25, 0.3) is 0 Å². The fraction of sp³-hybridized carbons (Fsp3) is 0.0625. The molecule has 0 aromatic heterocycles. The van der Waals surface area contributed by atoms with Crippen LogP contribution in [0.4, 0.5) is 10.1 Å². The number of benzene rings is 2. The van der Waals surface area contributed by atoms with Crippen molar-refractivity contribution in [1.29, 1.82) is 0 Å². The molecule has 0 spiro atoms. The van der Waals surface area contributed by atoms with E-state index >= 15 is 0 Å². The van der Waals surface area contributed by atoms with E-state index in [1.54, 1.807) is 12.1 Å². The van der Waals surface area contributed by atoms with E-state index in [0.717, 1.165) is 34.5 Å². The molecule has 0 saturated carbocycles. The quantitative estimate of drug-likeness (QED) is 0.632. The van der Waals surface area contributed by atoms with Gasteiger partial charge in [0.1, 0.15) is 5.82 Å². The summed E-state index contributed by atoms with van der Waals surface area (Å²) in [7, 11) is -3.48. The Bertz CT molecular complexity index is 879. The van der Waals surface area contributed by atoms with Crippen LogP contribution in [0.25, 0.3) is 6.08 Å². The number of hydrogen-bond acceptors (Lipinski definition) is 3. The van der Waals surface area contributed by atoms with Gasteiger partial charge in [-0.2, -0.15) is 0 Å². The van der Waals surface area contributed by atoms with Crippen molar-refractivity contribution in [2.75, 3.05) is 11.6 Å². The van der Waals surface area contributed by atoms with Gasteiger partial charge in [-0.1, -0.05) is 34.1 Å². The normalized spacial score (nSPS) is 11.6. The summed E-state index contributed by atoms with van der Waals surface area (Å²) in [5.41, 5.74) is 0.600.